The molecule has 20 heavy (non-hydrogen) atoms. The van der Waals surface area contributed by atoms with Crippen LogP contribution >= 0.6 is 0 Å². The Hall–Kier alpha value is -2.62. The average molecular weight is 268 g/mol. The number of carbonyl (C=O) groups is 2. The minimum absolute atomic E-state index is 0.266. The molecule has 0 bridgehead atoms. The van der Waals surface area contributed by atoms with Crippen molar-refractivity contribution in [3.05, 3.63) is 65.2 Å². The normalized spacial score (nSPS) is 10.1. The molecule has 0 fully saturated rings. The molecule has 2 aromatic carbocycles. The molecule has 0 atom stereocenters. The number of nitrogens with one attached hydrogen (secondary N) is 1. The van der Waals surface area contributed by atoms with Gasteiger partial charge < -0.3 is 11.1 Å². The standard InChI is InChI=1S/C16H16N2O2/c1-2-11-6-8-14(9-7-11)18-16(20)13-5-3-4-12(10-13)15(17)19/h3-10H,2H2,1H3,(H2,17,19)(H,18,20). The van der Waals surface area contributed by atoms with Crippen LogP contribution in [-0.4, -0.2) is 11.8 Å². The van der Waals surface area contributed by atoms with Gasteiger partial charge in [0, 0.05) is 16.8 Å². The first-order valence-electron chi connectivity index (χ1n) is 6.40. The smallest absolute Gasteiger partial charge is 0.255 e. The van der Waals surface area contributed by atoms with Crippen LogP contribution in [0.5, 0.6) is 0 Å². The van der Waals surface area contributed by atoms with Gasteiger partial charge in [0.25, 0.3) is 5.91 Å². The number of rotatable bonds is 4. The molecule has 0 aliphatic rings. The first kappa shape index (κ1) is 13.8. The van der Waals surface area contributed by atoms with Gasteiger partial charge in [-0.2, -0.15) is 0 Å². The molecule has 0 heterocycles. The Kier molecular flexibility index (Phi) is 4.15. The molecule has 0 saturated carbocycles. The highest BCUT2D eigenvalue weighted by Crippen LogP contribution is 2.12. The highest BCUT2D eigenvalue weighted by Gasteiger charge is 2.08. The van der Waals surface area contributed by atoms with Crippen molar-refractivity contribution < 1.29 is 9.59 Å². The summed E-state index contributed by atoms with van der Waals surface area (Å²) in [6.45, 7) is 2.07. The summed E-state index contributed by atoms with van der Waals surface area (Å²) in [5.74, 6) is -0.815. The fourth-order valence-corrected chi connectivity index (χ4v) is 1.84. The van der Waals surface area contributed by atoms with Crippen LogP contribution in [0.4, 0.5) is 5.69 Å². The van der Waals surface area contributed by atoms with Crippen molar-refractivity contribution in [2.45, 2.75) is 13.3 Å². The van der Waals surface area contributed by atoms with Crippen LogP contribution in [-0.2, 0) is 6.42 Å². The van der Waals surface area contributed by atoms with Gasteiger partial charge >= 0.3 is 0 Å². The van der Waals surface area contributed by atoms with E-state index in [1.165, 1.54) is 11.6 Å². The van der Waals surface area contributed by atoms with E-state index in [0.717, 1.165) is 12.1 Å². The number of anilines is 1. The van der Waals surface area contributed by atoms with Gasteiger partial charge in [-0.25, -0.2) is 0 Å². The van der Waals surface area contributed by atoms with Crippen LogP contribution < -0.4 is 11.1 Å². The van der Waals surface area contributed by atoms with Crippen molar-refractivity contribution in [1.82, 2.24) is 0 Å². The Balaban J connectivity index is 2.14. The Morgan fingerprint density at radius 2 is 1.70 bits per heavy atom. The summed E-state index contributed by atoms with van der Waals surface area (Å²) < 4.78 is 0. The second-order valence-electron chi connectivity index (χ2n) is 4.45. The summed E-state index contributed by atoms with van der Waals surface area (Å²) >= 11 is 0. The van der Waals surface area contributed by atoms with E-state index < -0.39 is 5.91 Å². The first-order valence-corrected chi connectivity index (χ1v) is 6.40. The van der Waals surface area contributed by atoms with Gasteiger partial charge in [-0.1, -0.05) is 25.1 Å². The zero-order chi connectivity index (χ0) is 14.5. The van der Waals surface area contributed by atoms with E-state index in [-0.39, 0.29) is 5.91 Å². The number of nitrogens with two attached hydrogens (primary N) is 1. The lowest BCUT2D eigenvalue weighted by Crippen LogP contribution is -2.15. The van der Waals surface area contributed by atoms with Crippen LogP contribution in [0.3, 0.4) is 0 Å². The zero-order valence-electron chi connectivity index (χ0n) is 11.2. The van der Waals surface area contributed by atoms with Crippen LogP contribution in [0.15, 0.2) is 48.5 Å². The van der Waals surface area contributed by atoms with Gasteiger partial charge in [0.15, 0.2) is 0 Å². The number of hydrogen-bond acceptors (Lipinski definition) is 2. The van der Waals surface area contributed by atoms with Crippen molar-refractivity contribution in [1.29, 1.82) is 0 Å². The van der Waals surface area contributed by atoms with E-state index in [1.54, 1.807) is 18.2 Å². The molecule has 0 aliphatic heterocycles. The summed E-state index contributed by atoms with van der Waals surface area (Å²) in [5, 5.41) is 2.78. The number of aryl methyl sites for hydroxylation is 1. The van der Waals surface area contributed by atoms with Gasteiger partial charge in [0.05, 0.1) is 0 Å². The summed E-state index contributed by atoms with van der Waals surface area (Å²) in [4.78, 5) is 23.2. The summed E-state index contributed by atoms with van der Waals surface area (Å²) in [6.07, 6.45) is 0.953. The largest absolute Gasteiger partial charge is 0.366 e. The first-order chi connectivity index (χ1) is 9.60. The van der Waals surface area contributed by atoms with Crippen LogP contribution in [0.1, 0.15) is 33.2 Å². The Bertz CT molecular complexity index is 633. The highest BCUT2D eigenvalue weighted by molar-refractivity contribution is 6.06. The molecule has 0 saturated heterocycles. The molecule has 2 rings (SSSR count). The SMILES string of the molecule is CCc1ccc(NC(=O)c2cccc(C(N)=O)c2)cc1. The number of benzene rings is 2. The number of carbonyl (C=O) groups excluding carboxylic acids is 2. The van der Waals surface area contributed by atoms with Crippen molar-refractivity contribution >= 4 is 17.5 Å². The van der Waals surface area contributed by atoms with E-state index in [1.807, 2.05) is 24.3 Å². The lowest BCUT2D eigenvalue weighted by molar-refractivity contribution is 0.1000. The molecule has 3 N–H and O–H groups in total. The number of hydrogen-bond donors (Lipinski definition) is 2. The van der Waals surface area contributed by atoms with Crippen LogP contribution in [0, 0.1) is 0 Å². The van der Waals surface area contributed by atoms with E-state index >= 15 is 0 Å². The average Bonchev–Trinajstić information content (AvgIpc) is 2.48. The third kappa shape index (κ3) is 3.23. The molecule has 0 spiro atoms. The lowest BCUT2D eigenvalue weighted by atomic mass is 10.1. The van der Waals surface area contributed by atoms with Gasteiger partial charge in [-0.15, -0.1) is 0 Å². The second-order valence-corrected chi connectivity index (χ2v) is 4.45. The molecule has 4 nitrogen and oxygen atoms in total. The molecular weight excluding hydrogens is 252 g/mol. The Morgan fingerprint density at radius 1 is 1.05 bits per heavy atom. The molecule has 4 heteroatoms. The number of primary amides is 1. The molecular formula is C16H16N2O2. The van der Waals surface area contributed by atoms with Gasteiger partial charge in [-0.3, -0.25) is 9.59 Å². The highest BCUT2D eigenvalue weighted by atomic mass is 16.2. The lowest BCUT2D eigenvalue weighted by Gasteiger charge is -2.07. The minimum Gasteiger partial charge on any atom is -0.366 e. The molecule has 0 radical (unpaired) electrons. The molecule has 0 aromatic heterocycles. The maximum Gasteiger partial charge on any atom is 0.255 e. The van der Waals surface area contributed by atoms with Crippen molar-refractivity contribution in [3.8, 4) is 0 Å². The quantitative estimate of drug-likeness (QED) is 0.894. The van der Waals surface area contributed by atoms with Gasteiger partial charge in [0.2, 0.25) is 5.91 Å². The molecule has 0 aliphatic carbocycles. The molecule has 102 valence electrons. The molecule has 0 unspecified atom stereocenters. The van der Waals surface area contributed by atoms with Crippen molar-refractivity contribution in [3.63, 3.8) is 0 Å². The monoisotopic (exact) mass is 268 g/mol. The molecule has 2 aromatic rings. The maximum atomic E-state index is 12.1. The summed E-state index contributed by atoms with van der Waals surface area (Å²) in [6, 6.07) is 14.0. The van der Waals surface area contributed by atoms with Crippen molar-refractivity contribution in [2.75, 3.05) is 5.32 Å². The minimum atomic E-state index is -0.549. The van der Waals surface area contributed by atoms with E-state index in [4.69, 9.17) is 5.73 Å². The third-order valence-electron chi connectivity index (χ3n) is 3.03. The number of amides is 2. The fourth-order valence-electron chi connectivity index (χ4n) is 1.84. The van der Waals surface area contributed by atoms with Crippen molar-refractivity contribution in [2.24, 2.45) is 5.73 Å². The topological polar surface area (TPSA) is 72.2 Å². The maximum absolute atomic E-state index is 12.1. The van der Waals surface area contributed by atoms with E-state index in [0.29, 0.717) is 11.1 Å². The fraction of sp³-hybridized carbons (Fsp3) is 0.125. The summed E-state index contributed by atoms with van der Waals surface area (Å²) in [5.41, 5.74) is 7.85. The zero-order valence-corrected chi connectivity index (χ0v) is 11.2. The molecule has 2 amide bonds. The second kappa shape index (κ2) is 6.02. The summed E-state index contributed by atoms with van der Waals surface area (Å²) in [7, 11) is 0. The Labute approximate surface area is 117 Å². The van der Waals surface area contributed by atoms with E-state index in [9.17, 15) is 9.59 Å². The van der Waals surface area contributed by atoms with E-state index in [2.05, 4.69) is 12.2 Å². The van der Waals surface area contributed by atoms with Crippen LogP contribution in [0.2, 0.25) is 0 Å². The van der Waals surface area contributed by atoms with Crippen LogP contribution in [0.25, 0.3) is 0 Å². The predicted octanol–water partition coefficient (Wildman–Crippen LogP) is 2.60. The predicted molar refractivity (Wildman–Crippen MR) is 78.7 cm³/mol. The van der Waals surface area contributed by atoms with Gasteiger partial charge in [-0.05, 0) is 42.3 Å². The third-order valence-corrected chi connectivity index (χ3v) is 3.03. The van der Waals surface area contributed by atoms with Gasteiger partial charge in [0.1, 0.15) is 0 Å². The Morgan fingerprint density at radius 3 is 2.30 bits per heavy atom.